The minimum absolute atomic E-state index is 0.203. The van der Waals surface area contributed by atoms with Crippen molar-refractivity contribution in [2.75, 3.05) is 13.7 Å². The van der Waals surface area contributed by atoms with E-state index in [-0.39, 0.29) is 18.4 Å². The normalized spacial score (nSPS) is 11.9. The summed E-state index contributed by atoms with van der Waals surface area (Å²) >= 11 is 1.42. The molecule has 0 radical (unpaired) electrons. The van der Waals surface area contributed by atoms with E-state index < -0.39 is 5.92 Å². The van der Waals surface area contributed by atoms with Crippen molar-refractivity contribution in [2.24, 2.45) is 5.92 Å². The second-order valence-electron chi connectivity index (χ2n) is 6.07. The Morgan fingerprint density at radius 1 is 1.19 bits per heavy atom. The number of amides is 1. The number of aryl methyl sites for hydroxylation is 1. The van der Waals surface area contributed by atoms with E-state index in [1.165, 1.54) is 18.4 Å². The summed E-state index contributed by atoms with van der Waals surface area (Å²) in [6, 6.07) is 14.2. The fourth-order valence-corrected chi connectivity index (χ4v) is 3.42. The number of carbonyl (C=O) groups excluding carboxylic acids is 2. The third-order valence-electron chi connectivity index (χ3n) is 4.19. The SMILES string of the molecule is COC(=O)C(CNC(=O)c1csc(C)n1)Cc1ccc2ccccc2c1. The van der Waals surface area contributed by atoms with Crippen molar-refractivity contribution in [1.82, 2.24) is 10.3 Å². The fourth-order valence-electron chi connectivity index (χ4n) is 2.83. The summed E-state index contributed by atoms with van der Waals surface area (Å²) in [7, 11) is 1.36. The summed E-state index contributed by atoms with van der Waals surface area (Å²) < 4.78 is 4.91. The highest BCUT2D eigenvalue weighted by atomic mass is 32.1. The third kappa shape index (κ3) is 4.26. The maximum absolute atomic E-state index is 12.2. The van der Waals surface area contributed by atoms with Gasteiger partial charge in [-0.05, 0) is 29.7 Å². The van der Waals surface area contributed by atoms with Crippen molar-refractivity contribution < 1.29 is 14.3 Å². The van der Waals surface area contributed by atoms with Crippen molar-refractivity contribution in [3.63, 3.8) is 0 Å². The number of rotatable bonds is 6. The lowest BCUT2D eigenvalue weighted by molar-refractivity contribution is -0.145. The Labute approximate surface area is 156 Å². The Balaban J connectivity index is 1.70. The molecule has 0 aliphatic rings. The molecule has 26 heavy (non-hydrogen) atoms. The number of ether oxygens (including phenoxy) is 1. The summed E-state index contributed by atoms with van der Waals surface area (Å²) in [5.74, 6) is -1.07. The number of nitrogens with one attached hydrogen (secondary N) is 1. The summed E-state index contributed by atoms with van der Waals surface area (Å²) in [6.07, 6.45) is 0.494. The molecule has 5 nitrogen and oxygen atoms in total. The average molecular weight is 368 g/mol. The van der Waals surface area contributed by atoms with Gasteiger partial charge in [0, 0.05) is 11.9 Å². The van der Waals surface area contributed by atoms with Crippen LogP contribution in [0, 0.1) is 12.8 Å². The second kappa shape index (κ2) is 8.10. The average Bonchev–Trinajstić information content (AvgIpc) is 3.10. The van der Waals surface area contributed by atoms with E-state index in [0.29, 0.717) is 12.1 Å². The monoisotopic (exact) mass is 368 g/mol. The maximum Gasteiger partial charge on any atom is 0.310 e. The van der Waals surface area contributed by atoms with E-state index >= 15 is 0 Å². The van der Waals surface area contributed by atoms with Crippen LogP contribution < -0.4 is 5.32 Å². The van der Waals surface area contributed by atoms with Crippen molar-refractivity contribution in [3.05, 3.63) is 64.1 Å². The lowest BCUT2D eigenvalue weighted by Crippen LogP contribution is -2.34. The molecule has 1 aromatic heterocycles. The Morgan fingerprint density at radius 3 is 2.65 bits per heavy atom. The maximum atomic E-state index is 12.2. The van der Waals surface area contributed by atoms with Crippen LogP contribution in [-0.2, 0) is 16.0 Å². The van der Waals surface area contributed by atoms with Crippen molar-refractivity contribution in [3.8, 4) is 0 Å². The van der Waals surface area contributed by atoms with Gasteiger partial charge in [-0.3, -0.25) is 9.59 Å². The molecule has 2 aromatic carbocycles. The first-order valence-electron chi connectivity index (χ1n) is 8.32. The van der Waals surface area contributed by atoms with Gasteiger partial charge in [-0.15, -0.1) is 11.3 Å². The predicted octanol–water partition coefficient (Wildman–Crippen LogP) is 3.37. The molecule has 3 aromatic rings. The zero-order chi connectivity index (χ0) is 18.5. The lowest BCUT2D eigenvalue weighted by Gasteiger charge is -2.15. The molecule has 0 saturated carbocycles. The Morgan fingerprint density at radius 2 is 1.96 bits per heavy atom. The Kier molecular flexibility index (Phi) is 5.63. The summed E-state index contributed by atoms with van der Waals surface area (Å²) in [5, 5.41) is 7.60. The van der Waals surface area contributed by atoms with Crippen LogP contribution in [0.4, 0.5) is 0 Å². The first kappa shape index (κ1) is 18.1. The van der Waals surface area contributed by atoms with Gasteiger partial charge in [0.2, 0.25) is 0 Å². The molecule has 0 saturated heterocycles. The molecular weight excluding hydrogens is 348 g/mol. The smallest absolute Gasteiger partial charge is 0.310 e. The molecule has 6 heteroatoms. The first-order chi connectivity index (χ1) is 12.6. The third-order valence-corrected chi connectivity index (χ3v) is 4.96. The van der Waals surface area contributed by atoms with Gasteiger partial charge in [0.1, 0.15) is 5.69 Å². The zero-order valence-electron chi connectivity index (χ0n) is 14.7. The molecular formula is C20H20N2O3S. The highest BCUT2D eigenvalue weighted by molar-refractivity contribution is 7.09. The second-order valence-corrected chi connectivity index (χ2v) is 7.13. The standard InChI is InChI=1S/C20H20N2O3S/c1-13-22-18(12-26-13)19(23)21-11-17(20(24)25-2)10-14-7-8-15-5-3-4-6-16(15)9-14/h3-9,12,17H,10-11H2,1-2H3,(H,21,23). The van der Waals surface area contributed by atoms with E-state index in [1.54, 1.807) is 5.38 Å². The molecule has 0 bridgehead atoms. The number of aromatic nitrogens is 1. The van der Waals surface area contributed by atoms with Gasteiger partial charge >= 0.3 is 5.97 Å². The number of methoxy groups -OCH3 is 1. The minimum Gasteiger partial charge on any atom is -0.469 e. The summed E-state index contributed by atoms with van der Waals surface area (Å²) in [5.41, 5.74) is 1.40. The molecule has 1 heterocycles. The van der Waals surface area contributed by atoms with Gasteiger partial charge in [-0.25, -0.2) is 4.98 Å². The Bertz CT molecular complexity index is 935. The molecule has 1 N–H and O–H groups in total. The number of hydrogen-bond acceptors (Lipinski definition) is 5. The van der Waals surface area contributed by atoms with Gasteiger partial charge in [0.05, 0.1) is 18.0 Å². The summed E-state index contributed by atoms with van der Waals surface area (Å²) in [4.78, 5) is 28.5. The van der Waals surface area contributed by atoms with Gasteiger partial charge in [0.15, 0.2) is 0 Å². The lowest BCUT2D eigenvalue weighted by atomic mass is 9.97. The van der Waals surface area contributed by atoms with Crippen LogP contribution in [0.1, 0.15) is 21.1 Å². The molecule has 1 amide bonds. The van der Waals surface area contributed by atoms with Crippen LogP contribution in [0.15, 0.2) is 47.8 Å². The fraction of sp³-hybridized carbons (Fsp3) is 0.250. The van der Waals surface area contributed by atoms with Crippen molar-refractivity contribution >= 4 is 34.0 Å². The summed E-state index contributed by atoms with van der Waals surface area (Å²) in [6.45, 7) is 2.05. The number of esters is 1. The van der Waals surface area contributed by atoms with Crippen LogP contribution >= 0.6 is 11.3 Å². The van der Waals surface area contributed by atoms with Crippen LogP contribution in [0.3, 0.4) is 0 Å². The molecule has 1 unspecified atom stereocenters. The van der Waals surface area contributed by atoms with Gasteiger partial charge in [0.25, 0.3) is 5.91 Å². The largest absolute Gasteiger partial charge is 0.469 e. The van der Waals surface area contributed by atoms with Gasteiger partial charge < -0.3 is 10.1 Å². The molecule has 0 fully saturated rings. The zero-order valence-corrected chi connectivity index (χ0v) is 15.5. The van der Waals surface area contributed by atoms with E-state index in [2.05, 4.69) is 16.4 Å². The van der Waals surface area contributed by atoms with E-state index in [9.17, 15) is 9.59 Å². The van der Waals surface area contributed by atoms with Crippen LogP contribution in [0.5, 0.6) is 0 Å². The van der Waals surface area contributed by atoms with Crippen LogP contribution in [0.25, 0.3) is 10.8 Å². The number of carbonyl (C=O) groups is 2. The molecule has 0 spiro atoms. The number of fused-ring (bicyclic) bond motifs is 1. The van der Waals surface area contributed by atoms with E-state index in [0.717, 1.165) is 21.3 Å². The highest BCUT2D eigenvalue weighted by Gasteiger charge is 2.21. The van der Waals surface area contributed by atoms with Gasteiger partial charge in [-0.2, -0.15) is 0 Å². The number of thiazole rings is 1. The highest BCUT2D eigenvalue weighted by Crippen LogP contribution is 2.18. The minimum atomic E-state index is -0.454. The molecule has 0 aliphatic carbocycles. The molecule has 3 rings (SSSR count). The predicted molar refractivity (Wildman–Crippen MR) is 102 cm³/mol. The van der Waals surface area contributed by atoms with Crippen LogP contribution in [-0.4, -0.2) is 30.5 Å². The van der Waals surface area contributed by atoms with Gasteiger partial charge in [-0.1, -0.05) is 42.5 Å². The molecule has 134 valence electrons. The van der Waals surface area contributed by atoms with Crippen molar-refractivity contribution in [1.29, 1.82) is 0 Å². The number of hydrogen-bond donors (Lipinski definition) is 1. The quantitative estimate of drug-likeness (QED) is 0.678. The molecule has 0 aliphatic heterocycles. The van der Waals surface area contributed by atoms with E-state index in [1.807, 2.05) is 43.3 Å². The topological polar surface area (TPSA) is 68.3 Å². The Hall–Kier alpha value is -2.73. The van der Waals surface area contributed by atoms with Crippen LogP contribution in [0.2, 0.25) is 0 Å². The number of nitrogens with zero attached hydrogens (tertiary/aromatic N) is 1. The molecule has 1 atom stereocenters. The van der Waals surface area contributed by atoms with E-state index in [4.69, 9.17) is 4.74 Å². The van der Waals surface area contributed by atoms with Crippen molar-refractivity contribution in [2.45, 2.75) is 13.3 Å². The number of benzene rings is 2. The first-order valence-corrected chi connectivity index (χ1v) is 9.20.